The van der Waals surface area contributed by atoms with Crippen molar-refractivity contribution in [2.24, 2.45) is 0 Å². The topological polar surface area (TPSA) is 51.1 Å². The van der Waals surface area contributed by atoms with Crippen molar-refractivity contribution in [3.8, 4) is 5.75 Å². The molecular formula is C18H20ClF3N4OS. The van der Waals surface area contributed by atoms with E-state index in [1.165, 1.54) is 4.68 Å². The molecule has 2 aromatic rings. The molecule has 0 radical (unpaired) electrons. The van der Waals surface area contributed by atoms with Gasteiger partial charge in [0.2, 0.25) is 0 Å². The first-order valence-electron chi connectivity index (χ1n) is 8.82. The number of aromatic nitrogens is 2. The van der Waals surface area contributed by atoms with Gasteiger partial charge in [0.1, 0.15) is 5.75 Å². The zero-order valence-corrected chi connectivity index (χ0v) is 16.7. The number of nitrogens with zero attached hydrogens (tertiary/aromatic N) is 2. The molecule has 10 heteroatoms. The highest BCUT2D eigenvalue weighted by Gasteiger charge is 2.41. The van der Waals surface area contributed by atoms with Gasteiger partial charge >= 0.3 is 6.18 Å². The molecule has 0 amide bonds. The number of alkyl halides is 3. The Kier molecular flexibility index (Phi) is 6.34. The Labute approximate surface area is 171 Å². The van der Waals surface area contributed by atoms with Crippen molar-refractivity contribution in [3.63, 3.8) is 0 Å². The van der Waals surface area contributed by atoms with Crippen molar-refractivity contribution < 1.29 is 17.9 Å². The molecule has 1 saturated carbocycles. The fraction of sp³-hybridized carbons (Fsp3) is 0.444. The lowest BCUT2D eigenvalue weighted by Gasteiger charge is -2.13. The lowest BCUT2D eigenvalue weighted by molar-refractivity contribution is -0.141. The molecule has 1 aliphatic rings. The summed E-state index contributed by atoms with van der Waals surface area (Å²) in [5.74, 6) is 0.726. The maximum absolute atomic E-state index is 13.1. The van der Waals surface area contributed by atoms with Gasteiger partial charge in [-0.1, -0.05) is 23.7 Å². The standard InChI is InChI=1S/C18H20ClF3N4OS/c1-27-13-6-3-2-5-12(13)24-17(28)23-9-4-10-26-15(11-7-8-11)14(19)16(25-26)18(20,21)22/h2-3,5-6,11H,4,7-10H2,1H3,(H2,23,24,28). The normalized spacial score (nSPS) is 14.0. The molecule has 0 unspecified atom stereocenters. The van der Waals surface area contributed by atoms with Crippen LogP contribution in [-0.2, 0) is 12.7 Å². The molecule has 2 N–H and O–H groups in total. The molecule has 5 nitrogen and oxygen atoms in total. The molecule has 0 saturated heterocycles. The monoisotopic (exact) mass is 432 g/mol. The zero-order chi connectivity index (χ0) is 20.3. The number of benzene rings is 1. The van der Waals surface area contributed by atoms with Crippen LogP contribution in [0.5, 0.6) is 5.75 Å². The van der Waals surface area contributed by atoms with Crippen molar-refractivity contribution in [2.75, 3.05) is 19.0 Å². The Morgan fingerprint density at radius 2 is 2.07 bits per heavy atom. The number of thiocarbonyl (C=S) groups is 1. The lowest BCUT2D eigenvalue weighted by atomic mass is 10.2. The van der Waals surface area contributed by atoms with E-state index in [1.54, 1.807) is 7.11 Å². The van der Waals surface area contributed by atoms with E-state index in [0.29, 0.717) is 36.1 Å². The molecule has 0 spiro atoms. The van der Waals surface area contributed by atoms with Crippen LogP contribution in [0.15, 0.2) is 24.3 Å². The van der Waals surface area contributed by atoms with Crippen LogP contribution in [0.4, 0.5) is 18.9 Å². The van der Waals surface area contributed by atoms with Crippen molar-refractivity contribution in [1.29, 1.82) is 0 Å². The second-order valence-corrected chi connectivity index (χ2v) is 7.26. The van der Waals surface area contributed by atoms with Gasteiger partial charge in [0, 0.05) is 19.0 Å². The van der Waals surface area contributed by atoms with Crippen LogP contribution in [-0.4, -0.2) is 28.5 Å². The van der Waals surface area contributed by atoms with Crippen molar-refractivity contribution >= 4 is 34.6 Å². The summed E-state index contributed by atoms with van der Waals surface area (Å²) in [6.45, 7) is 0.801. The third-order valence-corrected chi connectivity index (χ3v) is 4.97. The summed E-state index contributed by atoms with van der Waals surface area (Å²) < 4.78 is 45.9. The van der Waals surface area contributed by atoms with E-state index < -0.39 is 11.9 Å². The van der Waals surface area contributed by atoms with Crippen LogP contribution in [0, 0.1) is 0 Å². The first-order chi connectivity index (χ1) is 13.3. The zero-order valence-electron chi connectivity index (χ0n) is 15.1. The lowest BCUT2D eigenvalue weighted by Crippen LogP contribution is -2.30. The fourth-order valence-corrected chi connectivity index (χ4v) is 3.51. The van der Waals surface area contributed by atoms with E-state index >= 15 is 0 Å². The van der Waals surface area contributed by atoms with Crippen molar-refractivity contribution in [2.45, 2.75) is 37.9 Å². The maximum atomic E-state index is 13.1. The van der Waals surface area contributed by atoms with E-state index in [1.807, 2.05) is 24.3 Å². The Morgan fingerprint density at radius 1 is 1.36 bits per heavy atom. The molecule has 1 aromatic carbocycles. The highest BCUT2D eigenvalue weighted by Crippen LogP contribution is 2.46. The first kappa shape index (κ1) is 20.7. The number of ether oxygens (including phenoxy) is 1. The van der Waals surface area contributed by atoms with Gasteiger partial charge < -0.3 is 15.4 Å². The van der Waals surface area contributed by atoms with Gasteiger partial charge in [-0.05, 0) is 43.6 Å². The summed E-state index contributed by atoms with van der Waals surface area (Å²) in [4.78, 5) is 0. The Morgan fingerprint density at radius 3 is 2.71 bits per heavy atom. The Bertz CT molecular complexity index is 852. The minimum atomic E-state index is -4.55. The van der Waals surface area contributed by atoms with Gasteiger partial charge in [0.25, 0.3) is 0 Å². The minimum Gasteiger partial charge on any atom is -0.495 e. The fourth-order valence-electron chi connectivity index (χ4n) is 2.90. The maximum Gasteiger partial charge on any atom is 0.436 e. The number of hydrogen-bond donors (Lipinski definition) is 2. The van der Waals surface area contributed by atoms with Crippen LogP contribution in [0.3, 0.4) is 0 Å². The minimum absolute atomic E-state index is 0.0670. The molecule has 0 atom stereocenters. The van der Waals surface area contributed by atoms with Crippen LogP contribution < -0.4 is 15.4 Å². The number of anilines is 1. The van der Waals surface area contributed by atoms with Gasteiger partial charge in [-0.3, -0.25) is 4.68 Å². The van der Waals surface area contributed by atoms with Gasteiger partial charge in [-0.25, -0.2) is 0 Å². The Balaban J connectivity index is 1.55. The molecule has 0 bridgehead atoms. The molecule has 1 fully saturated rings. The smallest absolute Gasteiger partial charge is 0.436 e. The summed E-state index contributed by atoms with van der Waals surface area (Å²) in [6, 6.07) is 7.35. The van der Waals surface area contributed by atoms with E-state index in [-0.39, 0.29) is 10.9 Å². The third-order valence-electron chi connectivity index (χ3n) is 4.35. The number of nitrogens with one attached hydrogen (secondary N) is 2. The second-order valence-electron chi connectivity index (χ2n) is 6.48. The Hall–Kier alpha value is -2.00. The van der Waals surface area contributed by atoms with Crippen molar-refractivity contribution in [3.05, 3.63) is 40.7 Å². The summed E-state index contributed by atoms with van der Waals surface area (Å²) in [5.41, 5.74) is 0.216. The first-order valence-corrected chi connectivity index (χ1v) is 9.61. The summed E-state index contributed by atoms with van der Waals surface area (Å²) in [6.07, 6.45) is -2.32. The highest BCUT2D eigenvalue weighted by atomic mass is 35.5. The second kappa shape index (κ2) is 8.57. The predicted molar refractivity (Wildman–Crippen MR) is 106 cm³/mol. The van der Waals surface area contributed by atoms with Crippen LogP contribution in [0.25, 0.3) is 0 Å². The van der Waals surface area contributed by atoms with Crippen LogP contribution >= 0.6 is 23.8 Å². The number of para-hydroxylation sites is 2. The van der Waals surface area contributed by atoms with Gasteiger partial charge in [-0.2, -0.15) is 18.3 Å². The van der Waals surface area contributed by atoms with E-state index in [9.17, 15) is 13.2 Å². The number of rotatable bonds is 7. The molecule has 1 heterocycles. The number of halogens is 4. The van der Waals surface area contributed by atoms with Gasteiger partial charge in [-0.15, -0.1) is 0 Å². The van der Waals surface area contributed by atoms with E-state index in [0.717, 1.165) is 18.5 Å². The van der Waals surface area contributed by atoms with E-state index in [4.69, 9.17) is 28.6 Å². The SMILES string of the molecule is COc1ccccc1NC(=S)NCCCn1nc(C(F)(F)F)c(Cl)c1C1CC1. The van der Waals surface area contributed by atoms with Gasteiger partial charge in [0.15, 0.2) is 10.8 Å². The summed E-state index contributed by atoms with van der Waals surface area (Å²) in [7, 11) is 1.57. The van der Waals surface area contributed by atoms with Gasteiger partial charge in [0.05, 0.1) is 23.5 Å². The summed E-state index contributed by atoms with van der Waals surface area (Å²) in [5, 5.41) is 9.93. The average molecular weight is 433 g/mol. The predicted octanol–water partition coefficient (Wildman–Crippen LogP) is 4.82. The average Bonchev–Trinajstić information content (AvgIpc) is 3.41. The van der Waals surface area contributed by atoms with Crippen LogP contribution in [0.1, 0.15) is 36.6 Å². The molecule has 152 valence electrons. The number of hydrogen-bond acceptors (Lipinski definition) is 3. The molecule has 1 aliphatic carbocycles. The van der Waals surface area contributed by atoms with Crippen LogP contribution in [0.2, 0.25) is 5.02 Å². The molecule has 0 aliphatic heterocycles. The molecule has 3 rings (SSSR count). The largest absolute Gasteiger partial charge is 0.495 e. The summed E-state index contributed by atoms with van der Waals surface area (Å²) >= 11 is 11.2. The molecular weight excluding hydrogens is 413 g/mol. The third kappa shape index (κ3) is 4.88. The van der Waals surface area contributed by atoms with E-state index in [2.05, 4.69) is 15.7 Å². The number of methoxy groups -OCH3 is 1. The molecule has 1 aromatic heterocycles. The number of aryl methyl sites for hydroxylation is 1. The van der Waals surface area contributed by atoms with Crippen molar-refractivity contribution in [1.82, 2.24) is 15.1 Å². The highest BCUT2D eigenvalue weighted by molar-refractivity contribution is 7.80. The molecule has 28 heavy (non-hydrogen) atoms. The quantitative estimate of drug-likeness (QED) is 0.485.